The molecule has 1 aliphatic heterocycles. The maximum absolute atomic E-state index is 12.8. The normalized spacial score (nSPS) is 17.7. The van der Waals surface area contributed by atoms with Crippen LogP contribution in [0.15, 0.2) is 36.7 Å². The Hall–Kier alpha value is -2.61. The number of rotatable bonds is 3. The van der Waals surface area contributed by atoms with Crippen LogP contribution in [0.25, 0.3) is 0 Å². The van der Waals surface area contributed by atoms with Gasteiger partial charge >= 0.3 is 0 Å². The molecule has 0 radical (unpaired) electrons. The second kappa shape index (κ2) is 6.66. The first-order valence-electron chi connectivity index (χ1n) is 8.04. The Kier molecular flexibility index (Phi) is 4.42. The van der Waals surface area contributed by atoms with Crippen LogP contribution >= 0.6 is 0 Å². The fraction of sp³-hybridized carbons (Fsp3) is 0.389. The van der Waals surface area contributed by atoms with Crippen LogP contribution in [-0.2, 0) is 6.54 Å². The molecule has 1 saturated heterocycles. The predicted octanol–water partition coefficient (Wildman–Crippen LogP) is 2.79. The zero-order valence-electron chi connectivity index (χ0n) is 13.3. The van der Waals surface area contributed by atoms with Crippen LogP contribution in [0.1, 0.15) is 47.4 Å². The van der Waals surface area contributed by atoms with Crippen molar-refractivity contribution in [3.05, 3.63) is 53.6 Å². The lowest BCUT2D eigenvalue weighted by Crippen LogP contribution is -2.40. The number of carbonyl (C=O) groups excluding carboxylic acids is 1. The highest BCUT2D eigenvalue weighted by atomic mass is 16.2. The molecule has 0 bridgehead atoms. The number of nitrogens with zero attached hydrogens (tertiary/aromatic N) is 4. The van der Waals surface area contributed by atoms with Crippen LogP contribution in [0, 0.1) is 11.3 Å². The number of amides is 1. The van der Waals surface area contributed by atoms with Crippen LogP contribution in [0.3, 0.4) is 0 Å². The molecule has 0 unspecified atom stereocenters. The van der Waals surface area contributed by atoms with Crippen molar-refractivity contribution in [1.29, 1.82) is 5.26 Å². The molecule has 23 heavy (non-hydrogen) atoms. The lowest BCUT2D eigenvalue weighted by molar-refractivity contribution is 0.0703. The molecule has 5 nitrogen and oxygen atoms in total. The molecular weight excluding hydrogens is 288 g/mol. The Morgan fingerprint density at radius 3 is 3.04 bits per heavy atom. The van der Waals surface area contributed by atoms with E-state index < -0.39 is 0 Å². The van der Waals surface area contributed by atoms with Gasteiger partial charge in [0.25, 0.3) is 5.91 Å². The number of aryl methyl sites for hydroxylation is 1. The molecular formula is C18H20N4O. The van der Waals surface area contributed by atoms with Gasteiger partial charge in [-0.25, -0.2) is 4.98 Å². The van der Waals surface area contributed by atoms with Gasteiger partial charge in [0.15, 0.2) is 0 Å². The zero-order valence-corrected chi connectivity index (χ0v) is 13.3. The molecule has 1 aliphatic rings. The SMILES string of the molecule is CCn1ccnc1[C@@H]1CCCN(C(=O)c2ccccc2C#N)C1. The molecule has 1 atom stereocenters. The minimum absolute atomic E-state index is 0.0542. The molecule has 0 spiro atoms. The summed E-state index contributed by atoms with van der Waals surface area (Å²) in [6, 6.07) is 9.12. The van der Waals surface area contributed by atoms with Crippen molar-refractivity contribution in [1.82, 2.24) is 14.5 Å². The number of imidazole rings is 1. The van der Waals surface area contributed by atoms with Crippen molar-refractivity contribution in [2.45, 2.75) is 32.2 Å². The number of carbonyl (C=O) groups is 1. The summed E-state index contributed by atoms with van der Waals surface area (Å²) in [4.78, 5) is 19.1. The molecule has 2 heterocycles. The number of piperidine rings is 1. The average molecular weight is 308 g/mol. The van der Waals surface area contributed by atoms with Crippen molar-refractivity contribution in [2.75, 3.05) is 13.1 Å². The smallest absolute Gasteiger partial charge is 0.255 e. The maximum atomic E-state index is 12.8. The molecule has 5 heteroatoms. The summed E-state index contributed by atoms with van der Waals surface area (Å²) in [6.07, 6.45) is 5.81. The summed E-state index contributed by atoms with van der Waals surface area (Å²) in [5.41, 5.74) is 0.934. The highest BCUT2D eigenvalue weighted by Gasteiger charge is 2.28. The van der Waals surface area contributed by atoms with E-state index in [1.54, 1.807) is 24.3 Å². The van der Waals surface area contributed by atoms with Crippen molar-refractivity contribution in [3.8, 4) is 6.07 Å². The number of benzene rings is 1. The topological polar surface area (TPSA) is 61.9 Å². The number of nitriles is 1. The van der Waals surface area contributed by atoms with Gasteiger partial charge in [-0.15, -0.1) is 0 Å². The van der Waals surface area contributed by atoms with E-state index in [4.69, 9.17) is 0 Å². The lowest BCUT2D eigenvalue weighted by Gasteiger charge is -2.33. The Morgan fingerprint density at radius 1 is 1.43 bits per heavy atom. The summed E-state index contributed by atoms with van der Waals surface area (Å²) in [6.45, 7) is 4.38. The molecule has 3 rings (SSSR count). The van der Waals surface area contributed by atoms with Crippen LogP contribution in [-0.4, -0.2) is 33.4 Å². The molecule has 1 fully saturated rings. The second-order valence-electron chi connectivity index (χ2n) is 5.82. The molecule has 0 saturated carbocycles. The molecule has 1 aromatic carbocycles. The van der Waals surface area contributed by atoms with Gasteiger partial charge in [-0.3, -0.25) is 4.79 Å². The molecule has 118 valence electrons. The van der Waals surface area contributed by atoms with Crippen LogP contribution in [0.5, 0.6) is 0 Å². The minimum atomic E-state index is -0.0542. The number of hydrogen-bond acceptors (Lipinski definition) is 3. The van der Waals surface area contributed by atoms with E-state index in [9.17, 15) is 10.1 Å². The second-order valence-corrected chi connectivity index (χ2v) is 5.82. The van der Waals surface area contributed by atoms with E-state index in [0.717, 1.165) is 31.8 Å². The van der Waals surface area contributed by atoms with Crippen molar-refractivity contribution >= 4 is 5.91 Å². The summed E-state index contributed by atoms with van der Waals surface area (Å²) in [7, 11) is 0. The van der Waals surface area contributed by atoms with E-state index >= 15 is 0 Å². The van der Waals surface area contributed by atoms with Gasteiger partial charge in [-0.05, 0) is 31.9 Å². The van der Waals surface area contributed by atoms with Crippen LogP contribution in [0.4, 0.5) is 0 Å². The predicted molar refractivity (Wildman–Crippen MR) is 86.9 cm³/mol. The quantitative estimate of drug-likeness (QED) is 0.876. The Bertz CT molecular complexity index is 743. The largest absolute Gasteiger partial charge is 0.338 e. The molecule has 2 aromatic rings. The Labute approximate surface area is 136 Å². The first kappa shape index (κ1) is 15.3. The third-order valence-electron chi connectivity index (χ3n) is 4.44. The maximum Gasteiger partial charge on any atom is 0.255 e. The third-order valence-corrected chi connectivity index (χ3v) is 4.44. The third kappa shape index (κ3) is 2.98. The summed E-state index contributed by atoms with van der Waals surface area (Å²) in [5.74, 6) is 1.26. The van der Waals surface area contributed by atoms with Crippen molar-refractivity contribution < 1.29 is 4.79 Å². The van der Waals surface area contributed by atoms with Crippen LogP contribution in [0.2, 0.25) is 0 Å². The van der Waals surface area contributed by atoms with Gasteiger partial charge in [-0.2, -0.15) is 5.26 Å². The monoisotopic (exact) mass is 308 g/mol. The zero-order chi connectivity index (χ0) is 16.2. The van der Waals surface area contributed by atoms with E-state index in [2.05, 4.69) is 22.5 Å². The van der Waals surface area contributed by atoms with Gasteiger partial charge in [0.05, 0.1) is 17.2 Å². The van der Waals surface area contributed by atoms with Gasteiger partial charge in [0, 0.05) is 37.9 Å². The molecule has 0 aliphatic carbocycles. The first-order valence-corrected chi connectivity index (χ1v) is 8.04. The fourth-order valence-electron chi connectivity index (χ4n) is 3.26. The van der Waals surface area contributed by atoms with Gasteiger partial charge < -0.3 is 9.47 Å². The van der Waals surface area contributed by atoms with Gasteiger partial charge in [0.1, 0.15) is 5.82 Å². The highest BCUT2D eigenvalue weighted by molar-refractivity contribution is 5.96. The van der Waals surface area contributed by atoms with Gasteiger partial charge in [0.2, 0.25) is 0 Å². The number of aromatic nitrogens is 2. The fourth-order valence-corrected chi connectivity index (χ4v) is 3.26. The highest BCUT2D eigenvalue weighted by Crippen LogP contribution is 2.27. The van der Waals surface area contributed by atoms with E-state index in [1.165, 1.54) is 0 Å². The Balaban J connectivity index is 1.81. The molecule has 1 aromatic heterocycles. The Morgan fingerprint density at radius 2 is 2.26 bits per heavy atom. The number of hydrogen-bond donors (Lipinski definition) is 0. The van der Waals surface area contributed by atoms with E-state index in [1.807, 2.05) is 17.3 Å². The standard InChI is InChI=1S/C18H20N4O/c1-2-21-11-9-20-17(21)15-7-5-10-22(13-15)18(23)16-8-4-3-6-14(16)12-19/h3-4,6,8-9,11,15H,2,5,7,10,13H2,1H3/t15-/m1/s1. The van der Waals surface area contributed by atoms with Crippen LogP contribution < -0.4 is 0 Å². The average Bonchev–Trinajstić information content (AvgIpc) is 3.10. The summed E-state index contributed by atoms with van der Waals surface area (Å²) in [5, 5.41) is 9.20. The summed E-state index contributed by atoms with van der Waals surface area (Å²) < 4.78 is 2.14. The lowest BCUT2D eigenvalue weighted by atomic mass is 9.96. The summed E-state index contributed by atoms with van der Waals surface area (Å²) >= 11 is 0. The minimum Gasteiger partial charge on any atom is -0.338 e. The molecule has 1 amide bonds. The molecule has 0 N–H and O–H groups in total. The van der Waals surface area contributed by atoms with Gasteiger partial charge in [-0.1, -0.05) is 12.1 Å². The van der Waals surface area contributed by atoms with Crippen molar-refractivity contribution in [2.24, 2.45) is 0 Å². The van der Waals surface area contributed by atoms with Crippen molar-refractivity contribution in [3.63, 3.8) is 0 Å². The van der Waals surface area contributed by atoms with E-state index in [0.29, 0.717) is 17.7 Å². The number of likely N-dealkylation sites (tertiary alicyclic amines) is 1. The van der Waals surface area contributed by atoms with E-state index in [-0.39, 0.29) is 11.8 Å². The first-order chi connectivity index (χ1) is 11.2.